The fraction of sp³-hybridized carbons (Fsp3) is 0.250. The van der Waals surface area contributed by atoms with Gasteiger partial charge in [-0.1, -0.05) is 24.3 Å². The Morgan fingerprint density at radius 1 is 1.25 bits per heavy atom. The SMILES string of the molecule is [CH2]c1ccc(C)c(C(=C)C)c1C. The zero-order valence-electron chi connectivity index (χ0n) is 8.07. The van der Waals surface area contributed by atoms with E-state index >= 15 is 0 Å². The highest BCUT2D eigenvalue weighted by Gasteiger charge is 2.04. The number of rotatable bonds is 1. The second-order valence-electron chi connectivity index (χ2n) is 3.32. The standard InChI is InChI=1S/C12H15/c1-8(2)12-10(4)7-6-9(3)11(12)5/h6-7H,1,3H2,2,4-5H3. The summed E-state index contributed by atoms with van der Waals surface area (Å²) in [6.45, 7) is 14.2. The lowest BCUT2D eigenvalue weighted by Crippen LogP contribution is -1.92. The molecule has 0 amide bonds. The van der Waals surface area contributed by atoms with Crippen LogP contribution >= 0.6 is 0 Å². The number of hydrogen-bond donors (Lipinski definition) is 0. The van der Waals surface area contributed by atoms with Crippen molar-refractivity contribution in [2.24, 2.45) is 0 Å². The van der Waals surface area contributed by atoms with Gasteiger partial charge in [-0.05, 0) is 49.9 Å². The summed E-state index contributed by atoms with van der Waals surface area (Å²) in [5, 5.41) is 0. The van der Waals surface area contributed by atoms with Crippen molar-refractivity contribution >= 4 is 5.57 Å². The summed E-state index contributed by atoms with van der Waals surface area (Å²) in [6, 6.07) is 4.15. The van der Waals surface area contributed by atoms with Crippen LogP contribution in [0.25, 0.3) is 5.57 Å². The zero-order chi connectivity index (χ0) is 9.30. The maximum absolute atomic E-state index is 3.96. The summed E-state index contributed by atoms with van der Waals surface area (Å²) in [5.41, 5.74) is 6.02. The average molecular weight is 159 g/mol. The maximum atomic E-state index is 3.96. The third-order valence-corrected chi connectivity index (χ3v) is 2.21. The van der Waals surface area contributed by atoms with Gasteiger partial charge in [0.2, 0.25) is 0 Å². The van der Waals surface area contributed by atoms with Gasteiger partial charge in [0, 0.05) is 0 Å². The molecule has 0 heteroatoms. The Hall–Kier alpha value is -1.04. The van der Waals surface area contributed by atoms with E-state index in [1.54, 1.807) is 0 Å². The van der Waals surface area contributed by atoms with E-state index in [4.69, 9.17) is 0 Å². The van der Waals surface area contributed by atoms with Crippen molar-refractivity contribution in [1.29, 1.82) is 0 Å². The Balaban J connectivity index is 3.43. The van der Waals surface area contributed by atoms with Gasteiger partial charge in [0.25, 0.3) is 0 Å². The second-order valence-corrected chi connectivity index (χ2v) is 3.32. The summed E-state index contributed by atoms with van der Waals surface area (Å²) < 4.78 is 0. The van der Waals surface area contributed by atoms with E-state index in [9.17, 15) is 0 Å². The van der Waals surface area contributed by atoms with Crippen molar-refractivity contribution in [1.82, 2.24) is 0 Å². The monoisotopic (exact) mass is 159 g/mol. The largest absolute Gasteiger partial charge is 0.0955 e. The number of hydrogen-bond acceptors (Lipinski definition) is 0. The highest BCUT2D eigenvalue weighted by Crippen LogP contribution is 2.23. The Labute approximate surface area is 74.9 Å². The Morgan fingerprint density at radius 2 is 1.83 bits per heavy atom. The van der Waals surface area contributed by atoms with Crippen LogP contribution in [0.2, 0.25) is 0 Å². The molecule has 0 N–H and O–H groups in total. The molecule has 0 aromatic heterocycles. The predicted octanol–water partition coefficient (Wildman–Crippen LogP) is 3.52. The molecule has 0 aliphatic carbocycles. The molecule has 1 aromatic carbocycles. The van der Waals surface area contributed by atoms with Gasteiger partial charge in [0.15, 0.2) is 0 Å². The molecular formula is C12H15. The molecule has 0 saturated heterocycles. The fourth-order valence-electron chi connectivity index (χ4n) is 1.55. The summed E-state index contributed by atoms with van der Waals surface area (Å²) in [5.74, 6) is 0. The predicted molar refractivity (Wildman–Crippen MR) is 55.1 cm³/mol. The topological polar surface area (TPSA) is 0 Å². The minimum atomic E-state index is 1.10. The van der Waals surface area contributed by atoms with Crippen molar-refractivity contribution in [3.8, 4) is 0 Å². The van der Waals surface area contributed by atoms with Crippen molar-refractivity contribution < 1.29 is 0 Å². The van der Waals surface area contributed by atoms with Crippen LogP contribution in [-0.4, -0.2) is 0 Å². The average Bonchev–Trinajstić information content (AvgIpc) is 1.97. The van der Waals surface area contributed by atoms with Crippen molar-refractivity contribution in [3.05, 3.63) is 47.9 Å². The summed E-state index contributed by atoms with van der Waals surface area (Å²) >= 11 is 0. The van der Waals surface area contributed by atoms with Crippen LogP contribution in [0, 0.1) is 20.8 Å². The van der Waals surface area contributed by atoms with Gasteiger partial charge in [-0.3, -0.25) is 0 Å². The van der Waals surface area contributed by atoms with Gasteiger partial charge in [0.1, 0.15) is 0 Å². The molecule has 0 aliphatic rings. The third-order valence-electron chi connectivity index (χ3n) is 2.21. The highest BCUT2D eigenvalue weighted by molar-refractivity contribution is 5.68. The Bertz CT molecular complexity index is 319. The molecule has 1 rings (SSSR count). The first-order valence-corrected chi connectivity index (χ1v) is 4.12. The zero-order valence-corrected chi connectivity index (χ0v) is 8.07. The molecule has 12 heavy (non-hydrogen) atoms. The molecule has 0 bridgehead atoms. The molecule has 63 valence electrons. The molecular weight excluding hydrogens is 144 g/mol. The lowest BCUT2D eigenvalue weighted by molar-refractivity contribution is 1.30. The van der Waals surface area contributed by atoms with Crippen LogP contribution in [0.3, 0.4) is 0 Å². The summed E-state index contributed by atoms with van der Waals surface area (Å²) in [4.78, 5) is 0. The smallest absolute Gasteiger partial charge is 0.0172 e. The van der Waals surface area contributed by atoms with Gasteiger partial charge in [-0.2, -0.15) is 0 Å². The first-order valence-electron chi connectivity index (χ1n) is 4.12. The maximum Gasteiger partial charge on any atom is -0.0172 e. The number of benzene rings is 1. The van der Waals surface area contributed by atoms with Gasteiger partial charge < -0.3 is 0 Å². The van der Waals surface area contributed by atoms with Gasteiger partial charge in [-0.25, -0.2) is 0 Å². The first kappa shape index (κ1) is 9.05. The van der Waals surface area contributed by atoms with E-state index in [-0.39, 0.29) is 0 Å². The molecule has 0 saturated carbocycles. The summed E-state index contributed by atoms with van der Waals surface area (Å²) in [7, 11) is 0. The highest BCUT2D eigenvalue weighted by atomic mass is 14.1. The van der Waals surface area contributed by atoms with Crippen LogP contribution in [-0.2, 0) is 0 Å². The third kappa shape index (κ3) is 1.42. The molecule has 0 aliphatic heterocycles. The Morgan fingerprint density at radius 3 is 2.25 bits per heavy atom. The lowest BCUT2D eigenvalue weighted by atomic mass is 9.94. The molecule has 0 unspecified atom stereocenters. The van der Waals surface area contributed by atoms with E-state index in [0.717, 1.165) is 11.1 Å². The summed E-state index contributed by atoms with van der Waals surface area (Å²) in [6.07, 6.45) is 0. The van der Waals surface area contributed by atoms with E-state index in [1.165, 1.54) is 16.7 Å². The Kier molecular flexibility index (Phi) is 2.37. The molecule has 0 spiro atoms. The van der Waals surface area contributed by atoms with Gasteiger partial charge >= 0.3 is 0 Å². The molecule has 0 nitrogen and oxygen atoms in total. The molecule has 0 atom stereocenters. The molecule has 0 fully saturated rings. The van der Waals surface area contributed by atoms with Crippen LogP contribution in [0.4, 0.5) is 0 Å². The van der Waals surface area contributed by atoms with E-state index < -0.39 is 0 Å². The van der Waals surface area contributed by atoms with Crippen LogP contribution < -0.4 is 0 Å². The second kappa shape index (κ2) is 3.14. The first-order chi connectivity index (χ1) is 5.54. The molecule has 0 heterocycles. The van der Waals surface area contributed by atoms with Gasteiger partial charge in [0.05, 0.1) is 0 Å². The quantitative estimate of drug-likeness (QED) is 0.588. The van der Waals surface area contributed by atoms with Crippen molar-refractivity contribution in [2.75, 3.05) is 0 Å². The lowest BCUT2D eigenvalue weighted by Gasteiger charge is -2.11. The van der Waals surface area contributed by atoms with Crippen LogP contribution in [0.5, 0.6) is 0 Å². The molecule has 1 radical (unpaired) electrons. The normalized spacial score (nSPS) is 10.0. The van der Waals surface area contributed by atoms with Crippen LogP contribution in [0.1, 0.15) is 29.2 Å². The number of aryl methyl sites for hydroxylation is 1. The molecule has 1 aromatic rings. The minimum absolute atomic E-state index is 1.10. The van der Waals surface area contributed by atoms with E-state index in [1.807, 2.05) is 6.92 Å². The van der Waals surface area contributed by atoms with E-state index in [2.05, 4.69) is 39.5 Å². The minimum Gasteiger partial charge on any atom is -0.0955 e. The van der Waals surface area contributed by atoms with Gasteiger partial charge in [-0.15, -0.1) is 0 Å². The van der Waals surface area contributed by atoms with E-state index in [0.29, 0.717) is 0 Å². The van der Waals surface area contributed by atoms with Crippen LogP contribution in [0.15, 0.2) is 18.7 Å². The van der Waals surface area contributed by atoms with Crippen molar-refractivity contribution in [2.45, 2.75) is 20.8 Å². The fourth-order valence-corrected chi connectivity index (χ4v) is 1.55. The number of allylic oxidation sites excluding steroid dienone is 1. The van der Waals surface area contributed by atoms with Crippen molar-refractivity contribution in [3.63, 3.8) is 0 Å².